The van der Waals surface area contributed by atoms with Crippen LogP contribution in [0, 0.1) is 11.3 Å². The number of aliphatic hydroxyl groups excluding tert-OH is 1. The van der Waals surface area contributed by atoms with Crippen molar-refractivity contribution in [3.05, 3.63) is 70.8 Å². The fourth-order valence-corrected chi connectivity index (χ4v) is 6.80. The van der Waals surface area contributed by atoms with Gasteiger partial charge in [-0.05, 0) is 100 Å². The summed E-state index contributed by atoms with van der Waals surface area (Å²) in [4.78, 5) is 15.4. The molecular formula is C32H40ClNO4. The topological polar surface area (TPSA) is 59.0 Å². The number of anilines is 1. The van der Waals surface area contributed by atoms with Gasteiger partial charge in [-0.3, -0.25) is 0 Å². The third kappa shape index (κ3) is 4.96. The van der Waals surface area contributed by atoms with Crippen LogP contribution in [0.5, 0.6) is 5.75 Å². The van der Waals surface area contributed by atoms with Crippen LogP contribution in [-0.4, -0.2) is 42.5 Å². The lowest BCUT2D eigenvalue weighted by Gasteiger charge is -2.52. The molecule has 2 aliphatic carbocycles. The highest BCUT2D eigenvalue weighted by Gasteiger charge is 2.49. The molecule has 3 aliphatic rings. The van der Waals surface area contributed by atoms with Gasteiger partial charge >= 0.3 is 5.97 Å². The molecule has 0 aromatic heterocycles. The Labute approximate surface area is 231 Å². The molecule has 0 bridgehead atoms. The van der Waals surface area contributed by atoms with E-state index in [1.54, 1.807) is 12.1 Å². The van der Waals surface area contributed by atoms with Crippen molar-refractivity contribution < 1.29 is 19.4 Å². The van der Waals surface area contributed by atoms with E-state index in [2.05, 4.69) is 30.5 Å². The third-order valence-corrected chi connectivity index (χ3v) is 9.21. The van der Waals surface area contributed by atoms with Crippen LogP contribution in [0.15, 0.2) is 49.1 Å². The van der Waals surface area contributed by atoms with Crippen LogP contribution in [0.4, 0.5) is 5.69 Å². The van der Waals surface area contributed by atoms with E-state index >= 15 is 0 Å². The number of aliphatic hydroxyl groups is 1. The van der Waals surface area contributed by atoms with E-state index < -0.39 is 11.7 Å². The summed E-state index contributed by atoms with van der Waals surface area (Å²) in [5, 5.41) is 11.5. The molecule has 1 saturated carbocycles. The highest BCUT2D eigenvalue weighted by atomic mass is 35.5. The van der Waals surface area contributed by atoms with E-state index in [1.807, 2.05) is 39.0 Å². The van der Waals surface area contributed by atoms with Crippen molar-refractivity contribution in [3.63, 3.8) is 0 Å². The zero-order chi connectivity index (χ0) is 27.3. The Bertz CT molecular complexity index is 1240. The molecule has 1 spiro atoms. The number of rotatable bonds is 5. The maximum Gasteiger partial charge on any atom is 0.338 e. The van der Waals surface area contributed by atoms with Gasteiger partial charge in [-0.15, -0.1) is 6.58 Å². The second kappa shape index (κ2) is 9.91. The third-order valence-electron chi connectivity index (χ3n) is 8.98. The van der Waals surface area contributed by atoms with Crippen molar-refractivity contribution in [2.45, 2.75) is 76.9 Å². The molecule has 2 aromatic carbocycles. The van der Waals surface area contributed by atoms with Gasteiger partial charge in [0, 0.05) is 28.9 Å². The van der Waals surface area contributed by atoms with Gasteiger partial charge in [-0.25, -0.2) is 4.79 Å². The molecule has 1 fully saturated rings. The van der Waals surface area contributed by atoms with Crippen LogP contribution < -0.4 is 9.64 Å². The van der Waals surface area contributed by atoms with Gasteiger partial charge in [-0.2, -0.15) is 0 Å². The molecule has 1 heterocycles. The molecule has 38 heavy (non-hydrogen) atoms. The van der Waals surface area contributed by atoms with E-state index in [0.29, 0.717) is 12.2 Å². The first-order chi connectivity index (χ1) is 17.9. The number of fused-ring (bicyclic) bond motifs is 3. The minimum atomic E-state index is -0.578. The normalized spacial score (nSPS) is 27.3. The quantitative estimate of drug-likeness (QED) is 0.338. The van der Waals surface area contributed by atoms with Crippen LogP contribution in [0.3, 0.4) is 0 Å². The monoisotopic (exact) mass is 537 g/mol. The van der Waals surface area contributed by atoms with Gasteiger partial charge in [0.05, 0.1) is 24.0 Å². The van der Waals surface area contributed by atoms with E-state index in [0.717, 1.165) is 61.7 Å². The summed E-state index contributed by atoms with van der Waals surface area (Å²) in [6, 6.07) is 11.9. The smallest absolute Gasteiger partial charge is 0.338 e. The number of nitrogens with zero attached hydrogens (tertiary/aromatic N) is 1. The van der Waals surface area contributed by atoms with Gasteiger partial charge in [0.1, 0.15) is 11.4 Å². The second-order valence-electron chi connectivity index (χ2n) is 12.7. The zero-order valence-corrected chi connectivity index (χ0v) is 23.8. The number of carbonyl (C=O) groups excluding carboxylic acids is 1. The van der Waals surface area contributed by atoms with Crippen molar-refractivity contribution in [2.75, 3.05) is 24.6 Å². The van der Waals surface area contributed by atoms with Crippen LogP contribution in [0.1, 0.15) is 74.9 Å². The number of hydrogen-bond acceptors (Lipinski definition) is 5. The Kier molecular flexibility index (Phi) is 7.06. The van der Waals surface area contributed by atoms with Crippen molar-refractivity contribution >= 4 is 23.3 Å². The molecule has 6 heteroatoms. The molecule has 5 nitrogen and oxygen atoms in total. The summed E-state index contributed by atoms with van der Waals surface area (Å²) in [5.41, 5.74) is 3.04. The molecular weight excluding hydrogens is 498 g/mol. The van der Waals surface area contributed by atoms with Crippen molar-refractivity contribution in [1.29, 1.82) is 0 Å². The number of benzene rings is 2. The van der Waals surface area contributed by atoms with E-state index in [1.165, 1.54) is 11.1 Å². The number of carbonyl (C=O) groups is 1. The molecule has 0 amide bonds. The Morgan fingerprint density at radius 1 is 1.29 bits per heavy atom. The zero-order valence-electron chi connectivity index (χ0n) is 23.1. The van der Waals surface area contributed by atoms with Crippen molar-refractivity contribution in [1.82, 2.24) is 0 Å². The van der Waals surface area contributed by atoms with Crippen LogP contribution >= 0.6 is 11.6 Å². The summed E-state index contributed by atoms with van der Waals surface area (Å²) < 4.78 is 12.2. The average molecular weight is 538 g/mol. The number of esters is 1. The van der Waals surface area contributed by atoms with Gasteiger partial charge in [0.15, 0.2) is 0 Å². The maximum atomic E-state index is 13.0. The maximum absolute atomic E-state index is 13.0. The van der Waals surface area contributed by atoms with Gasteiger partial charge in [-0.1, -0.05) is 30.7 Å². The fraction of sp³-hybridized carbons (Fsp3) is 0.531. The van der Waals surface area contributed by atoms with Crippen molar-refractivity contribution in [3.8, 4) is 5.75 Å². The molecule has 1 N–H and O–H groups in total. The van der Waals surface area contributed by atoms with Crippen molar-refractivity contribution in [2.24, 2.45) is 11.3 Å². The van der Waals surface area contributed by atoms with E-state index in [4.69, 9.17) is 21.1 Å². The first-order valence-corrected chi connectivity index (χ1v) is 14.2. The standard InChI is InChI=1S/C32H40ClNO4/c1-6-28(35)31(5)15-13-23(31)18-34-19-32(14-7-8-21-16-24(33)10-11-25(21)32)20-37-27-12-9-22(17-26(27)34)29(36)38-30(2,3)4/h6,9-12,16-17,23,28,35H,1,7-8,13-15,18-20H2,2-5H3/t23-,28-,31+,32-/m0/s1. The lowest BCUT2D eigenvalue weighted by atomic mass is 9.58. The highest BCUT2D eigenvalue weighted by molar-refractivity contribution is 6.30. The fourth-order valence-electron chi connectivity index (χ4n) is 6.61. The molecule has 1 aliphatic heterocycles. The lowest BCUT2D eigenvalue weighted by Crippen LogP contribution is -2.53. The summed E-state index contributed by atoms with van der Waals surface area (Å²) in [5.74, 6) is 0.727. The number of halogens is 1. The predicted octanol–water partition coefficient (Wildman–Crippen LogP) is 6.73. The molecule has 0 unspecified atom stereocenters. The van der Waals surface area contributed by atoms with Crippen LogP contribution in [-0.2, 0) is 16.6 Å². The van der Waals surface area contributed by atoms with E-state index in [9.17, 15) is 9.90 Å². The Balaban J connectivity index is 1.55. The minimum absolute atomic E-state index is 0.194. The van der Waals surface area contributed by atoms with E-state index in [-0.39, 0.29) is 22.7 Å². The highest BCUT2D eigenvalue weighted by Crippen LogP contribution is 2.52. The van der Waals surface area contributed by atoms with Gasteiger partial charge < -0.3 is 19.5 Å². The Morgan fingerprint density at radius 2 is 2.08 bits per heavy atom. The molecule has 0 radical (unpaired) electrons. The molecule has 0 saturated heterocycles. The van der Waals surface area contributed by atoms with Crippen LogP contribution in [0.2, 0.25) is 5.02 Å². The SMILES string of the molecule is C=C[C@H](O)[C@]1(C)CC[C@H]1CN1C[C@@]2(CCCc3cc(Cl)ccc32)COc2ccc(C(=O)OC(C)(C)C)cc21. The number of aryl methyl sites for hydroxylation is 1. The average Bonchev–Trinajstić information content (AvgIpc) is 3.01. The first-order valence-electron chi connectivity index (χ1n) is 13.8. The van der Waals surface area contributed by atoms with Gasteiger partial charge in [0.2, 0.25) is 0 Å². The molecule has 4 atom stereocenters. The Hall–Kier alpha value is -2.50. The molecule has 2 aromatic rings. The lowest BCUT2D eigenvalue weighted by molar-refractivity contribution is -0.0466. The summed E-state index contributed by atoms with van der Waals surface area (Å²) in [6.45, 7) is 13.7. The Morgan fingerprint density at radius 3 is 2.76 bits per heavy atom. The number of ether oxygens (including phenoxy) is 2. The molecule has 204 valence electrons. The summed E-state index contributed by atoms with van der Waals surface area (Å²) in [6.07, 6.45) is 6.21. The summed E-state index contributed by atoms with van der Waals surface area (Å²) in [7, 11) is 0. The molecule has 5 rings (SSSR count). The van der Waals surface area contributed by atoms with Crippen LogP contribution in [0.25, 0.3) is 0 Å². The van der Waals surface area contributed by atoms with Gasteiger partial charge in [0.25, 0.3) is 0 Å². The predicted molar refractivity (Wildman–Crippen MR) is 152 cm³/mol. The largest absolute Gasteiger partial charge is 0.490 e. The summed E-state index contributed by atoms with van der Waals surface area (Å²) >= 11 is 6.38. The second-order valence-corrected chi connectivity index (χ2v) is 13.1. The first kappa shape index (κ1) is 27.1. The minimum Gasteiger partial charge on any atom is -0.490 e. The number of hydrogen-bond donors (Lipinski definition) is 1.